The summed E-state index contributed by atoms with van der Waals surface area (Å²) in [6, 6.07) is 6.86. The number of halogens is 1. The maximum absolute atomic E-state index is 13.0. The van der Waals surface area contributed by atoms with Crippen LogP contribution < -0.4 is 20.1 Å². The standard InChI is InChI=1S/C28H28ClN5O5/c1-3-5-23(35)34-12-13-38-15-17(34)16-39-22-14-30-10-8-18(22)25-26(24-20(32-25)9-11-31-28(24)36)33-21-7-4-6-19(29)27(21)37-2/h4,6-8,10,14,17,32-33H,9,11-13,15-16H2,1-2H3,(H,31,36)/t17-/m0/s1. The molecule has 0 bridgehead atoms. The molecule has 3 aromatic rings. The predicted molar refractivity (Wildman–Crippen MR) is 147 cm³/mol. The average molecular weight is 550 g/mol. The van der Waals surface area contributed by atoms with Crippen molar-refractivity contribution >= 4 is 34.8 Å². The number of hydrogen-bond acceptors (Lipinski definition) is 7. The SMILES string of the molecule is CC#CC(=O)N1CCOC[C@H]1COc1cnccc1-c1[nH]c2c(c1Nc1cccc(Cl)c1OC)C(=O)NCC2. The molecule has 1 fully saturated rings. The van der Waals surface area contributed by atoms with Crippen molar-refractivity contribution in [1.29, 1.82) is 0 Å². The lowest BCUT2D eigenvalue weighted by molar-refractivity contribution is -0.134. The van der Waals surface area contributed by atoms with Crippen molar-refractivity contribution in [2.45, 2.75) is 19.4 Å². The van der Waals surface area contributed by atoms with Gasteiger partial charge in [0.25, 0.3) is 11.8 Å². The molecular weight excluding hydrogens is 522 g/mol. The molecule has 0 spiro atoms. The van der Waals surface area contributed by atoms with E-state index in [-0.39, 0.29) is 24.5 Å². The van der Waals surface area contributed by atoms with E-state index in [1.165, 1.54) is 7.11 Å². The number of benzene rings is 1. The van der Waals surface area contributed by atoms with Gasteiger partial charge in [-0.05, 0) is 31.0 Å². The van der Waals surface area contributed by atoms with Gasteiger partial charge in [-0.3, -0.25) is 14.6 Å². The van der Waals surface area contributed by atoms with Crippen LogP contribution in [-0.2, 0) is 16.0 Å². The summed E-state index contributed by atoms with van der Waals surface area (Å²) in [6.45, 7) is 3.57. The van der Waals surface area contributed by atoms with E-state index in [4.69, 9.17) is 25.8 Å². The molecule has 0 unspecified atom stereocenters. The summed E-state index contributed by atoms with van der Waals surface area (Å²) in [6.07, 6.45) is 3.90. The first-order valence-electron chi connectivity index (χ1n) is 12.5. The number of rotatable bonds is 7. The number of morpholine rings is 1. The van der Waals surface area contributed by atoms with Crippen LogP contribution in [0.15, 0.2) is 36.7 Å². The van der Waals surface area contributed by atoms with Gasteiger partial charge in [0.05, 0.1) is 60.2 Å². The highest BCUT2D eigenvalue weighted by Crippen LogP contribution is 2.42. The fourth-order valence-corrected chi connectivity index (χ4v) is 5.03. The monoisotopic (exact) mass is 549 g/mol. The highest BCUT2D eigenvalue weighted by atomic mass is 35.5. The van der Waals surface area contributed by atoms with Gasteiger partial charge in [0.2, 0.25) is 0 Å². The average Bonchev–Trinajstić information content (AvgIpc) is 3.31. The molecule has 4 heterocycles. The summed E-state index contributed by atoms with van der Waals surface area (Å²) in [5, 5.41) is 6.73. The number of methoxy groups -OCH3 is 1. The van der Waals surface area contributed by atoms with Crippen LogP contribution in [0.4, 0.5) is 11.4 Å². The predicted octanol–water partition coefficient (Wildman–Crippen LogP) is 3.40. The first-order chi connectivity index (χ1) is 19.0. The number of nitrogens with zero attached hydrogens (tertiary/aromatic N) is 2. The number of H-pyrrole nitrogens is 1. The van der Waals surface area contributed by atoms with Crippen molar-refractivity contribution in [1.82, 2.24) is 20.2 Å². The van der Waals surface area contributed by atoms with Crippen LogP contribution in [0.5, 0.6) is 11.5 Å². The first-order valence-corrected chi connectivity index (χ1v) is 12.9. The van der Waals surface area contributed by atoms with E-state index in [0.717, 1.165) is 5.69 Å². The molecule has 1 aromatic carbocycles. The Kier molecular flexibility index (Phi) is 7.91. The molecule has 1 atom stereocenters. The Labute approximate surface area is 231 Å². The molecule has 11 heteroatoms. The van der Waals surface area contributed by atoms with Crippen LogP contribution in [0, 0.1) is 11.8 Å². The largest absolute Gasteiger partial charge is 0.493 e. The highest BCUT2D eigenvalue weighted by Gasteiger charge is 2.30. The topological polar surface area (TPSA) is 118 Å². The van der Waals surface area contributed by atoms with Crippen molar-refractivity contribution in [3.05, 3.63) is 52.9 Å². The summed E-state index contributed by atoms with van der Waals surface area (Å²) >= 11 is 6.37. The molecule has 0 saturated carbocycles. The quantitative estimate of drug-likeness (QED) is 0.387. The third-order valence-corrected chi connectivity index (χ3v) is 6.90. The summed E-state index contributed by atoms with van der Waals surface area (Å²) in [7, 11) is 1.54. The van der Waals surface area contributed by atoms with E-state index < -0.39 is 0 Å². The Morgan fingerprint density at radius 3 is 3.05 bits per heavy atom. The Bertz CT molecular complexity index is 1460. The zero-order chi connectivity index (χ0) is 27.4. The second kappa shape index (κ2) is 11.7. The van der Waals surface area contributed by atoms with Gasteiger partial charge in [-0.1, -0.05) is 23.6 Å². The number of ether oxygens (including phenoxy) is 3. The van der Waals surface area contributed by atoms with Crippen molar-refractivity contribution in [3.63, 3.8) is 0 Å². The fourth-order valence-electron chi connectivity index (χ4n) is 4.78. The van der Waals surface area contributed by atoms with Gasteiger partial charge >= 0.3 is 0 Å². The molecule has 1 saturated heterocycles. The number of hydrogen-bond donors (Lipinski definition) is 3. The Morgan fingerprint density at radius 2 is 2.23 bits per heavy atom. The Balaban J connectivity index is 1.51. The van der Waals surface area contributed by atoms with Crippen LogP contribution >= 0.6 is 11.6 Å². The van der Waals surface area contributed by atoms with Gasteiger partial charge in [-0.25, -0.2) is 0 Å². The van der Waals surface area contributed by atoms with E-state index in [9.17, 15) is 9.59 Å². The summed E-state index contributed by atoms with van der Waals surface area (Å²) < 4.78 is 17.4. The van der Waals surface area contributed by atoms with E-state index in [1.807, 2.05) is 12.1 Å². The molecule has 2 aliphatic heterocycles. The zero-order valence-corrected chi connectivity index (χ0v) is 22.4. The van der Waals surface area contributed by atoms with E-state index in [2.05, 4.69) is 32.4 Å². The van der Waals surface area contributed by atoms with Gasteiger partial charge in [0.1, 0.15) is 12.4 Å². The Hall–Kier alpha value is -4.20. The smallest absolute Gasteiger partial charge is 0.298 e. The summed E-state index contributed by atoms with van der Waals surface area (Å²) in [4.78, 5) is 34.9. The number of anilines is 2. The molecule has 5 rings (SSSR count). The Morgan fingerprint density at radius 1 is 1.36 bits per heavy atom. The number of fused-ring (bicyclic) bond motifs is 1. The van der Waals surface area contributed by atoms with E-state index in [0.29, 0.717) is 77.4 Å². The molecule has 2 aromatic heterocycles. The molecule has 39 heavy (non-hydrogen) atoms. The zero-order valence-electron chi connectivity index (χ0n) is 21.6. The molecular formula is C28H28ClN5O5. The second-order valence-electron chi connectivity index (χ2n) is 8.97. The van der Waals surface area contributed by atoms with Crippen molar-refractivity contribution in [2.24, 2.45) is 0 Å². The number of carbonyl (C=O) groups is 2. The maximum Gasteiger partial charge on any atom is 0.298 e. The minimum atomic E-state index is -0.309. The second-order valence-corrected chi connectivity index (χ2v) is 9.37. The molecule has 202 valence electrons. The van der Waals surface area contributed by atoms with Crippen molar-refractivity contribution < 1.29 is 23.8 Å². The van der Waals surface area contributed by atoms with Crippen LogP contribution in [0.1, 0.15) is 23.0 Å². The van der Waals surface area contributed by atoms with Gasteiger partial charge < -0.3 is 34.7 Å². The van der Waals surface area contributed by atoms with Crippen molar-refractivity contribution in [3.8, 4) is 34.6 Å². The molecule has 0 radical (unpaired) electrons. The van der Waals surface area contributed by atoms with Gasteiger partial charge in [-0.15, -0.1) is 0 Å². The van der Waals surface area contributed by atoms with Gasteiger partial charge in [-0.2, -0.15) is 0 Å². The molecule has 10 nitrogen and oxygen atoms in total. The van der Waals surface area contributed by atoms with Crippen molar-refractivity contribution in [2.75, 3.05) is 45.3 Å². The molecule has 3 N–H and O–H groups in total. The van der Waals surface area contributed by atoms with Crippen LogP contribution in [0.3, 0.4) is 0 Å². The minimum absolute atomic E-state index is 0.182. The number of amides is 2. The number of aromatic amines is 1. The maximum atomic E-state index is 13.0. The first kappa shape index (κ1) is 26.4. The molecule has 0 aliphatic carbocycles. The number of nitrogens with one attached hydrogen (secondary N) is 3. The van der Waals surface area contributed by atoms with Crippen LogP contribution in [-0.4, -0.2) is 72.7 Å². The van der Waals surface area contributed by atoms with Crippen LogP contribution in [0.25, 0.3) is 11.3 Å². The van der Waals surface area contributed by atoms with E-state index in [1.54, 1.807) is 36.4 Å². The lowest BCUT2D eigenvalue weighted by Gasteiger charge is -2.34. The fraction of sp³-hybridized carbons (Fsp3) is 0.321. The van der Waals surface area contributed by atoms with Crippen LogP contribution in [0.2, 0.25) is 5.02 Å². The van der Waals surface area contributed by atoms with Gasteiger partial charge in [0.15, 0.2) is 5.75 Å². The number of carbonyl (C=O) groups excluding carboxylic acids is 2. The van der Waals surface area contributed by atoms with Gasteiger partial charge in [0, 0.05) is 37.0 Å². The summed E-state index contributed by atoms with van der Waals surface area (Å²) in [5.74, 6) is 5.75. The third-order valence-electron chi connectivity index (χ3n) is 6.60. The third kappa shape index (κ3) is 5.37. The summed E-state index contributed by atoms with van der Waals surface area (Å²) in [5.41, 5.74) is 3.83. The number of para-hydroxylation sites is 1. The highest BCUT2D eigenvalue weighted by molar-refractivity contribution is 6.32. The number of aromatic nitrogens is 2. The lowest BCUT2D eigenvalue weighted by Crippen LogP contribution is -2.51. The number of pyridine rings is 1. The lowest BCUT2D eigenvalue weighted by atomic mass is 10.0. The minimum Gasteiger partial charge on any atom is -0.493 e. The van der Waals surface area contributed by atoms with E-state index >= 15 is 0 Å². The molecule has 2 aliphatic rings. The normalized spacial score (nSPS) is 16.4. The molecule has 2 amide bonds.